The van der Waals surface area contributed by atoms with E-state index in [0.29, 0.717) is 16.7 Å². The SMILES string of the molecule is CCSc1nnc2c(n1)O[C@H](c1cccnc1)Nc1ccccc1-2. The van der Waals surface area contributed by atoms with Crippen LogP contribution in [0.5, 0.6) is 5.88 Å². The van der Waals surface area contributed by atoms with Crippen LogP contribution in [-0.4, -0.2) is 25.9 Å². The number of fused-ring (bicyclic) bond motifs is 3. The Hall–Kier alpha value is -2.67. The van der Waals surface area contributed by atoms with E-state index in [-0.39, 0.29) is 0 Å². The third-order valence-electron chi connectivity index (χ3n) is 3.59. The molecule has 0 spiro atoms. The van der Waals surface area contributed by atoms with Crippen molar-refractivity contribution in [2.45, 2.75) is 18.3 Å². The zero-order valence-electron chi connectivity index (χ0n) is 13.0. The molecule has 1 N–H and O–H groups in total. The fourth-order valence-electron chi connectivity index (χ4n) is 2.52. The van der Waals surface area contributed by atoms with Crippen LogP contribution in [0.4, 0.5) is 5.69 Å². The maximum absolute atomic E-state index is 6.13. The van der Waals surface area contributed by atoms with E-state index in [9.17, 15) is 0 Å². The highest BCUT2D eigenvalue weighted by molar-refractivity contribution is 7.99. The number of para-hydroxylation sites is 1. The third-order valence-corrected chi connectivity index (χ3v) is 4.31. The lowest BCUT2D eigenvalue weighted by Crippen LogP contribution is -2.17. The molecule has 0 saturated heterocycles. The quantitative estimate of drug-likeness (QED) is 0.733. The van der Waals surface area contributed by atoms with Crippen molar-refractivity contribution < 1.29 is 4.74 Å². The van der Waals surface area contributed by atoms with Crippen LogP contribution >= 0.6 is 11.8 Å². The Balaban J connectivity index is 1.84. The minimum Gasteiger partial charge on any atom is -0.448 e. The number of benzene rings is 1. The first-order valence-electron chi connectivity index (χ1n) is 7.65. The van der Waals surface area contributed by atoms with Gasteiger partial charge in [-0.3, -0.25) is 4.98 Å². The summed E-state index contributed by atoms with van der Waals surface area (Å²) in [5, 5.41) is 12.6. The number of nitrogens with zero attached hydrogens (tertiary/aromatic N) is 4. The predicted octanol–water partition coefficient (Wildman–Crippen LogP) is 3.55. The van der Waals surface area contributed by atoms with E-state index in [1.807, 2.05) is 36.4 Å². The third kappa shape index (κ3) is 2.78. The number of pyridine rings is 1. The van der Waals surface area contributed by atoms with Crippen molar-refractivity contribution in [3.05, 3.63) is 54.4 Å². The predicted molar refractivity (Wildman–Crippen MR) is 92.9 cm³/mol. The van der Waals surface area contributed by atoms with Crippen molar-refractivity contribution >= 4 is 17.4 Å². The summed E-state index contributed by atoms with van der Waals surface area (Å²) in [5.41, 5.74) is 3.41. The van der Waals surface area contributed by atoms with Gasteiger partial charge in [-0.2, -0.15) is 4.98 Å². The molecule has 6 nitrogen and oxygen atoms in total. The highest BCUT2D eigenvalue weighted by Gasteiger charge is 2.25. The molecule has 7 heteroatoms. The Morgan fingerprint density at radius 3 is 2.92 bits per heavy atom. The van der Waals surface area contributed by atoms with E-state index in [0.717, 1.165) is 22.6 Å². The Labute approximate surface area is 143 Å². The first-order chi connectivity index (χ1) is 11.8. The molecule has 4 rings (SSSR count). The number of hydrogen-bond donors (Lipinski definition) is 1. The molecule has 0 unspecified atom stereocenters. The first kappa shape index (κ1) is 14.9. The molecule has 0 bridgehead atoms. The zero-order valence-corrected chi connectivity index (χ0v) is 13.8. The summed E-state index contributed by atoms with van der Waals surface area (Å²) in [6.07, 6.45) is 3.13. The van der Waals surface area contributed by atoms with Crippen LogP contribution in [0.15, 0.2) is 53.9 Å². The van der Waals surface area contributed by atoms with Gasteiger partial charge in [-0.15, -0.1) is 10.2 Å². The Morgan fingerprint density at radius 1 is 1.17 bits per heavy atom. The fraction of sp³-hybridized carbons (Fsp3) is 0.176. The van der Waals surface area contributed by atoms with Gasteiger partial charge >= 0.3 is 0 Å². The smallest absolute Gasteiger partial charge is 0.247 e. The van der Waals surface area contributed by atoms with Gasteiger partial charge in [-0.05, 0) is 17.9 Å². The van der Waals surface area contributed by atoms with Gasteiger partial charge in [0.05, 0.1) is 0 Å². The normalized spacial score (nSPS) is 15.5. The molecular weight excluding hydrogens is 322 g/mol. The average molecular weight is 337 g/mol. The van der Waals surface area contributed by atoms with E-state index in [4.69, 9.17) is 4.74 Å². The van der Waals surface area contributed by atoms with Crippen LogP contribution in [0, 0.1) is 0 Å². The van der Waals surface area contributed by atoms with Crippen LogP contribution in [0.2, 0.25) is 0 Å². The number of hydrogen-bond acceptors (Lipinski definition) is 7. The second kappa shape index (κ2) is 6.45. The zero-order chi connectivity index (χ0) is 16.4. The highest BCUT2D eigenvalue weighted by Crippen LogP contribution is 2.39. The van der Waals surface area contributed by atoms with Gasteiger partial charge in [0, 0.05) is 29.2 Å². The number of nitrogens with one attached hydrogen (secondary N) is 1. The molecule has 2 aromatic heterocycles. The van der Waals surface area contributed by atoms with Gasteiger partial charge in [0.2, 0.25) is 11.0 Å². The van der Waals surface area contributed by atoms with Crippen LogP contribution in [0.3, 0.4) is 0 Å². The number of anilines is 1. The van der Waals surface area contributed by atoms with Gasteiger partial charge in [-0.25, -0.2) is 0 Å². The molecule has 0 radical (unpaired) electrons. The van der Waals surface area contributed by atoms with Crippen molar-refractivity contribution in [1.29, 1.82) is 0 Å². The Bertz CT molecular complexity index is 859. The molecule has 120 valence electrons. The van der Waals surface area contributed by atoms with Gasteiger partial charge in [0.15, 0.2) is 11.9 Å². The van der Waals surface area contributed by atoms with E-state index in [2.05, 4.69) is 32.4 Å². The second-order valence-electron chi connectivity index (χ2n) is 5.16. The van der Waals surface area contributed by atoms with Crippen LogP contribution in [-0.2, 0) is 0 Å². The summed E-state index contributed by atoms with van der Waals surface area (Å²) >= 11 is 1.54. The molecule has 0 fully saturated rings. The lowest BCUT2D eigenvalue weighted by Gasteiger charge is -2.18. The van der Waals surface area contributed by atoms with Gasteiger partial charge in [0.1, 0.15) is 0 Å². The Kier molecular flexibility index (Phi) is 4.00. The summed E-state index contributed by atoms with van der Waals surface area (Å²) < 4.78 is 6.13. The van der Waals surface area contributed by atoms with Gasteiger partial charge in [-0.1, -0.05) is 43.0 Å². The molecule has 1 aliphatic heterocycles. The Morgan fingerprint density at radius 2 is 2.08 bits per heavy atom. The van der Waals surface area contributed by atoms with E-state index in [1.54, 1.807) is 12.4 Å². The number of rotatable bonds is 3. The van der Waals surface area contributed by atoms with E-state index in [1.165, 1.54) is 11.8 Å². The van der Waals surface area contributed by atoms with Crippen molar-refractivity contribution in [3.63, 3.8) is 0 Å². The standard InChI is InChI=1S/C17H15N5OS/c1-2-24-17-20-16-14(21-22-17)12-7-3-4-8-13(12)19-15(23-16)11-6-5-9-18-10-11/h3-10,15,19H,2H2,1H3/t15-/m1/s1. The molecule has 3 heterocycles. The van der Waals surface area contributed by atoms with Crippen molar-refractivity contribution in [3.8, 4) is 17.1 Å². The van der Waals surface area contributed by atoms with E-state index >= 15 is 0 Å². The first-order valence-corrected chi connectivity index (χ1v) is 8.63. The van der Waals surface area contributed by atoms with Crippen molar-refractivity contribution in [2.24, 2.45) is 0 Å². The fourth-order valence-corrected chi connectivity index (χ4v) is 3.02. The van der Waals surface area contributed by atoms with Crippen LogP contribution in [0.25, 0.3) is 11.3 Å². The van der Waals surface area contributed by atoms with Crippen LogP contribution in [0.1, 0.15) is 18.7 Å². The topological polar surface area (TPSA) is 72.8 Å². The molecule has 24 heavy (non-hydrogen) atoms. The minimum absolute atomic E-state index is 0.391. The summed E-state index contributed by atoms with van der Waals surface area (Å²) in [6, 6.07) is 11.8. The molecule has 3 aromatic rings. The van der Waals surface area contributed by atoms with Crippen molar-refractivity contribution in [1.82, 2.24) is 20.2 Å². The van der Waals surface area contributed by atoms with Gasteiger partial charge in [0.25, 0.3) is 0 Å². The summed E-state index contributed by atoms with van der Waals surface area (Å²) in [6.45, 7) is 2.05. The average Bonchev–Trinajstić information content (AvgIpc) is 2.79. The van der Waals surface area contributed by atoms with Gasteiger partial charge < -0.3 is 10.1 Å². The summed E-state index contributed by atoms with van der Waals surface area (Å²) in [5.74, 6) is 1.36. The van der Waals surface area contributed by atoms with Crippen molar-refractivity contribution in [2.75, 3.05) is 11.1 Å². The molecule has 0 aliphatic carbocycles. The molecule has 0 saturated carbocycles. The molecule has 1 aliphatic rings. The maximum atomic E-state index is 6.13. The van der Waals surface area contributed by atoms with E-state index < -0.39 is 6.23 Å². The lowest BCUT2D eigenvalue weighted by molar-refractivity contribution is 0.225. The molecule has 1 aromatic carbocycles. The second-order valence-corrected chi connectivity index (χ2v) is 6.39. The summed E-state index contributed by atoms with van der Waals surface area (Å²) in [7, 11) is 0. The summed E-state index contributed by atoms with van der Waals surface area (Å²) in [4.78, 5) is 8.72. The largest absolute Gasteiger partial charge is 0.448 e. The maximum Gasteiger partial charge on any atom is 0.247 e. The lowest BCUT2D eigenvalue weighted by atomic mass is 10.1. The monoisotopic (exact) mass is 337 g/mol. The number of thioether (sulfide) groups is 1. The molecular formula is C17H15N5OS. The molecule has 1 atom stereocenters. The highest BCUT2D eigenvalue weighted by atomic mass is 32.2. The number of aromatic nitrogens is 4. The minimum atomic E-state index is -0.391. The molecule has 0 amide bonds. The number of ether oxygens (including phenoxy) is 1. The van der Waals surface area contributed by atoms with Crippen LogP contribution < -0.4 is 10.1 Å².